The van der Waals surface area contributed by atoms with Crippen molar-refractivity contribution in [2.75, 3.05) is 5.32 Å². The molecule has 16 heavy (non-hydrogen) atoms. The van der Waals surface area contributed by atoms with Crippen LogP contribution in [-0.2, 0) is 0 Å². The van der Waals surface area contributed by atoms with E-state index >= 15 is 0 Å². The van der Waals surface area contributed by atoms with Crippen LogP contribution in [0.2, 0.25) is 0 Å². The van der Waals surface area contributed by atoms with Crippen LogP contribution in [-0.4, -0.2) is 16.0 Å². The zero-order valence-electron chi connectivity index (χ0n) is 10.2. The Morgan fingerprint density at radius 1 is 1.38 bits per heavy atom. The van der Waals surface area contributed by atoms with Crippen molar-refractivity contribution in [2.24, 2.45) is 5.92 Å². The van der Waals surface area contributed by atoms with Gasteiger partial charge in [-0.25, -0.2) is 0 Å². The van der Waals surface area contributed by atoms with Crippen molar-refractivity contribution in [1.29, 1.82) is 0 Å². The highest BCUT2D eigenvalue weighted by Gasteiger charge is 2.27. The van der Waals surface area contributed by atoms with Gasteiger partial charge in [-0.15, -0.1) is 5.10 Å². The van der Waals surface area contributed by atoms with Gasteiger partial charge in [-0.2, -0.15) is 5.10 Å². The van der Waals surface area contributed by atoms with Crippen LogP contribution in [0.1, 0.15) is 36.8 Å². The SMILES string of the molecule is C=C1Nc2nnc(C)cc2C(=O)C1C.CC. The average Bonchev–Trinajstić information content (AvgIpc) is 2.30. The van der Waals surface area contributed by atoms with Gasteiger partial charge in [-0.1, -0.05) is 20.4 Å². The molecule has 0 aliphatic carbocycles. The number of Topliss-reactive ketones (excluding diaryl/α,β-unsaturated/α-hetero) is 1. The Kier molecular flexibility index (Phi) is 3.77. The van der Waals surface area contributed by atoms with E-state index in [1.807, 2.05) is 27.7 Å². The molecule has 0 bridgehead atoms. The number of nitrogens with zero attached hydrogens (tertiary/aromatic N) is 2. The molecule has 4 heteroatoms. The van der Waals surface area contributed by atoms with Crippen molar-refractivity contribution in [2.45, 2.75) is 27.7 Å². The summed E-state index contributed by atoms with van der Waals surface area (Å²) in [5.41, 5.74) is 2.04. The number of aromatic nitrogens is 2. The second kappa shape index (κ2) is 4.88. The van der Waals surface area contributed by atoms with E-state index in [4.69, 9.17) is 0 Å². The van der Waals surface area contributed by atoms with E-state index in [1.165, 1.54) is 0 Å². The highest BCUT2D eigenvalue weighted by molar-refractivity contribution is 6.05. The predicted molar refractivity (Wildman–Crippen MR) is 64.4 cm³/mol. The maximum Gasteiger partial charge on any atom is 0.175 e. The molecule has 1 N–H and O–H groups in total. The summed E-state index contributed by atoms with van der Waals surface area (Å²) in [4.78, 5) is 11.8. The van der Waals surface area contributed by atoms with Gasteiger partial charge >= 0.3 is 0 Å². The smallest absolute Gasteiger partial charge is 0.175 e. The van der Waals surface area contributed by atoms with E-state index in [0.717, 1.165) is 5.69 Å². The molecule has 0 radical (unpaired) electrons. The first-order valence-electron chi connectivity index (χ1n) is 5.44. The van der Waals surface area contributed by atoms with Crippen LogP contribution in [0.5, 0.6) is 0 Å². The van der Waals surface area contributed by atoms with Crippen molar-refractivity contribution in [1.82, 2.24) is 10.2 Å². The largest absolute Gasteiger partial charge is 0.342 e. The summed E-state index contributed by atoms with van der Waals surface area (Å²) in [6.07, 6.45) is 0. The van der Waals surface area contributed by atoms with E-state index in [9.17, 15) is 4.79 Å². The van der Waals surface area contributed by atoms with Gasteiger partial charge in [0.05, 0.1) is 17.2 Å². The third kappa shape index (κ3) is 2.10. The first kappa shape index (κ1) is 12.4. The second-order valence-corrected chi connectivity index (χ2v) is 3.48. The fraction of sp³-hybridized carbons (Fsp3) is 0.417. The highest BCUT2D eigenvalue weighted by atomic mass is 16.1. The minimum atomic E-state index is -0.189. The quantitative estimate of drug-likeness (QED) is 0.728. The van der Waals surface area contributed by atoms with E-state index < -0.39 is 0 Å². The first-order valence-corrected chi connectivity index (χ1v) is 5.44. The molecule has 86 valence electrons. The van der Waals surface area contributed by atoms with E-state index in [1.54, 1.807) is 6.07 Å². The molecule has 1 atom stereocenters. The number of fused-ring (bicyclic) bond motifs is 1. The van der Waals surface area contributed by atoms with Gasteiger partial charge in [0.1, 0.15) is 0 Å². The standard InChI is InChI=1S/C10H11N3O.C2H6/c1-5-4-8-9(14)6(2)7(3)11-10(8)13-12-5;1-2/h4,6H,3H2,1-2H3,(H,11,13);1-2H3. The minimum absolute atomic E-state index is 0.0572. The Hall–Kier alpha value is -1.71. The number of rotatable bonds is 0. The zero-order valence-corrected chi connectivity index (χ0v) is 10.2. The van der Waals surface area contributed by atoms with Crippen LogP contribution in [0.25, 0.3) is 0 Å². The molecule has 1 aromatic rings. The number of carbonyl (C=O) groups is 1. The molecule has 0 aromatic carbocycles. The molecule has 0 amide bonds. The third-order valence-electron chi connectivity index (χ3n) is 2.38. The molecule has 2 rings (SSSR count). The summed E-state index contributed by atoms with van der Waals surface area (Å²) in [6.45, 7) is 11.4. The van der Waals surface area contributed by atoms with Gasteiger partial charge in [0, 0.05) is 5.70 Å². The van der Waals surface area contributed by atoms with Crippen LogP contribution >= 0.6 is 0 Å². The lowest BCUT2D eigenvalue weighted by molar-refractivity contribution is 0.0945. The lowest BCUT2D eigenvalue weighted by atomic mass is 9.93. The van der Waals surface area contributed by atoms with Crippen molar-refractivity contribution in [3.63, 3.8) is 0 Å². The number of carbonyl (C=O) groups excluding carboxylic acids is 1. The Labute approximate surface area is 95.8 Å². The normalized spacial score (nSPS) is 18.1. The number of aryl methyl sites for hydroxylation is 1. The molecule has 0 saturated carbocycles. The van der Waals surface area contributed by atoms with Crippen LogP contribution < -0.4 is 5.32 Å². The summed E-state index contributed by atoms with van der Waals surface area (Å²) in [5, 5.41) is 10.8. The fourth-order valence-corrected chi connectivity index (χ4v) is 1.42. The molecule has 4 nitrogen and oxygen atoms in total. The fourth-order valence-electron chi connectivity index (χ4n) is 1.42. The topological polar surface area (TPSA) is 54.9 Å². The van der Waals surface area contributed by atoms with Gasteiger partial charge in [0.25, 0.3) is 0 Å². The summed E-state index contributed by atoms with van der Waals surface area (Å²) in [5.74, 6) is 0.386. The Balaban J connectivity index is 0.000000606. The van der Waals surface area contributed by atoms with E-state index in [0.29, 0.717) is 17.1 Å². The number of hydrogen-bond donors (Lipinski definition) is 1. The monoisotopic (exact) mass is 219 g/mol. The van der Waals surface area contributed by atoms with Crippen LogP contribution in [0.4, 0.5) is 5.82 Å². The van der Waals surface area contributed by atoms with Crippen molar-refractivity contribution >= 4 is 11.6 Å². The first-order chi connectivity index (χ1) is 7.59. The number of hydrogen-bond acceptors (Lipinski definition) is 4. The maximum absolute atomic E-state index is 11.8. The number of anilines is 1. The van der Waals surface area contributed by atoms with Crippen LogP contribution in [0.15, 0.2) is 18.3 Å². The molecule has 0 fully saturated rings. The average molecular weight is 219 g/mol. The molecule has 0 spiro atoms. The number of allylic oxidation sites excluding steroid dienone is 1. The van der Waals surface area contributed by atoms with Gasteiger partial charge in [-0.05, 0) is 19.9 Å². The van der Waals surface area contributed by atoms with Gasteiger partial charge in [0.2, 0.25) is 0 Å². The lowest BCUT2D eigenvalue weighted by Gasteiger charge is -2.22. The maximum atomic E-state index is 11.8. The molecule has 1 aliphatic rings. The van der Waals surface area contributed by atoms with Gasteiger partial charge in [-0.3, -0.25) is 4.79 Å². The summed E-state index contributed by atoms with van der Waals surface area (Å²) in [7, 11) is 0. The van der Waals surface area contributed by atoms with E-state index in [-0.39, 0.29) is 11.7 Å². The number of ketones is 1. The van der Waals surface area contributed by atoms with E-state index in [2.05, 4.69) is 22.1 Å². The zero-order chi connectivity index (χ0) is 12.3. The lowest BCUT2D eigenvalue weighted by Crippen LogP contribution is -2.26. The molecule has 0 saturated heterocycles. The highest BCUT2D eigenvalue weighted by Crippen LogP contribution is 2.27. The van der Waals surface area contributed by atoms with Crippen molar-refractivity contribution < 1.29 is 4.79 Å². The van der Waals surface area contributed by atoms with Crippen molar-refractivity contribution in [3.8, 4) is 0 Å². The predicted octanol–water partition coefficient (Wildman–Crippen LogP) is 2.57. The Bertz CT molecular complexity index is 426. The van der Waals surface area contributed by atoms with Crippen LogP contribution in [0.3, 0.4) is 0 Å². The second-order valence-electron chi connectivity index (χ2n) is 3.48. The van der Waals surface area contributed by atoms with Gasteiger partial charge in [0.15, 0.2) is 11.6 Å². The molecule has 1 aromatic heterocycles. The molecular formula is C12H17N3O. The summed E-state index contributed by atoms with van der Waals surface area (Å²) >= 11 is 0. The Morgan fingerprint density at radius 3 is 2.62 bits per heavy atom. The van der Waals surface area contributed by atoms with Gasteiger partial charge < -0.3 is 5.32 Å². The molecule has 2 heterocycles. The van der Waals surface area contributed by atoms with Crippen molar-refractivity contribution in [3.05, 3.63) is 29.6 Å². The number of nitrogens with one attached hydrogen (secondary N) is 1. The molecule has 1 aliphatic heterocycles. The van der Waals surface area contributed by atoms with Crippen LogP contribution in [0, 0.1) is 12.8 Å². The molecule has 1 unspecified atom stereocenters. The summed E-state index contributed by atoms with van der Waals surface area (Å²) < 4.78 is 0. The summed E-state index contributed by atoms with van der Waals surface area (Å²) in [6, 6.07) is 1.75. The Morgan fingerprint density at radius 2 is 2.00 bits per heavy atom. The third-order valence-corrected chi connectivity index (χ3v) is 2.38. The minimum Gasteiger partial charge on any atom is -0.342 e. The molecular weight excluding hydrogens is 202 g/mol.